The molecule has 0 amide bonds. The van der Waals surface area contributed by atoms with E-state index in [1.807, 2.05) is 0 Å². The fourth-order valence-electron chi connectivity index (χ4n) is 3.71. The van der Waals surface area contributed by atoms with E-state index in [0.29, 0.717) is 11.7 Å². The molecule has 0 spiro atoms. The highest BCUT2D eigenvalue weighted by molar-refractivity contribution is 6.01. The summed E-state index contributed by atoms with van der Waals surface area (Å²) in [6.45, 7) is 6.82. The summed E-state index contributed by atoms with van der Waals surface area (Å²) in [5, 5.41) is 0. The number of carbonyl (C=O) groups excluding carboxylic acids is 1. The van der Waals surface area contributed by atoms with E-state index < -0.39 is 0 Å². The van der Waals surface area contributed by atoms with Crippen LogP contribution < -0.4 is 0 Å². The lowest BCUT2D eigenvalue weighted by atomic mass is 9.88. The fraction of sp³-hybridized carbons (Fsp3) is 0.800. The van der Waals surface area contributed by atoms with Crippen LogP contribution in [-0.4, -0.2) is 43.5 Å². The molecule has 0 aromatic carbocycles. The Morgan fingerprint density at radius 1 is 1.21 bits per heavy atom. The molecule has 2 atom stereocenters. The SMILES string of the molecule is CC1C2=C(CCCC2)C(=O)C1CN1CCOCC1.Cl. The molecule has 3 rings (SSSR count). The van der Waals surface area contributed by atoms with E-state index in [4.69, 9.17) is 4.74 Å². The lowest BCUT2D eigenvalue weighted by Gasteiger charge is -2.30. The molecule has 0 aromatic heterocycles. The summed E-state index contributed by atoms with van der Waals surface area (Å²) in [4.78, 5) is 14.9. The van der Waals surface area contributed by atoms with Gasteiger partial charge in [0.1, 0.15) is 0 Å². The third kappa shape index (κ3) is 2.88. The van der Waals surface area contributed by atoms with Gasteiger partial charge >= 0.3 is 0 Å². The molecule has 3 aliphatic rings. The maximum absolute atomic E-state index is 12.5. The van der Waals surface area contributed by atoms with E-state index in [2.05, 4.69) is 11.8 Å². The molecule has 3 nitrogen and oxygen atoms in total. The van der Waals surface area contributed by atoms with Crippen molar-refractivity contribution >= 4 is 18.2 Å². The van der Waals surface area contributed by atoms with Crippen LogP contribution >= 0.6 is 12.4 Å². The number of carbonyl (C=O) groups is 1. The molecular formula is C15H24ClNO2. The molecule has 1 aliphatic heterocycles. The molecule has 0 bridgehead atoms. The highest BCUT2D eigenvalue weighted by atomic mass is 35.5. The van der Waals surface area contributed by atoms with E-state index >= 15 is 0 Å². The van der Waals surface area contributed by atoms with E-state index in [-0.39, 0.29) is 18.3 Å². The largest absolute Gasteiger partial charge is 0.379 e. The maximum atomic E-state index is 12.5. The first-order valence-electron chi connectivity index (χ1n) is 7.33. The van der Waals surface area contributed by atoms with Crippen LogP contribution in [0.4, 0.5) is 0 Å². The highest BCUT2D eigenvalue weighted by Crippen LogP contribution is 2.42. The summed E-state index contributed by atoms with van der Waals surface area (Å²) in [7, 11) is 0. The van der Waals surface area contributed by atoms with Gasteiger partial charge in [0.15, 0.2) is 5.78 Å². The zero-order valence-electron chi connectivity index (χ0n) is 11.7. The Morgan fingerprint density at radius 3 is 2.58 bits per heavy atom. The number of halogens is 1. The first-order chi connectivity index (χ1) is 8.77. The summed E-state index contributed by atoms with van der Waals surface area (Å²) < 4.78 is 5.38. The lowest BCUT2D eigenvalue weighted by molar-refractivity contribution is -0.120. The van der Waals surface area contributed by atoms with Gasteiger partial charge in [-0.2, -0.15) is 0 Å². The molecule has 108 valence electrons. The van der Waals surface area contributed by atoms with Crippen LogP contribution in [0.15, 0.2) is 11.1 Å². The molecule has 0 aromatic rings. The van der Waals surface area contributed by atoms with Gasteiger partial charge in [0, 0.05) is 25.6 Å². The van der Waals surface area contributed by atoms with E-state index in [0.717, 1.165) is 39.3 Å². The number of nitrogens with zero attached hydrogens (tertiary/aromatic N) is 1. The first-order valence-corrected chi connectivity index (χ1v) is 7.33. The predicted octanol–water partition coefficient (Wildman–Crippen LogP) is 2.45. The molecule has 4 heteroatoms. The third-order valence-corrected chi connectivity index (χ3v) is 4.86. The molecule has 19 heavy (non-hydrogen) atoms. The van der Waals surface area contributed by atoms with Crippen LogP contribution in [-0.2, 0) is 9.53 Å². The van der Waals surface area contributed by atoms with E-state index in [1.165, 1.54) is 30.4 Å². The number of hydrogen-bond acceptors (Lipinski definition) is 3. The maximum Gasteiger partial charge on any atom is 0.163 e. The summed E-state index contributed by atoms with van der Waals surface area (Å²) in [6.07, 6.45) is 4.70. The smallest absolute Gasteiger partial charge is 0.163 e. The van der Waals surface area contributed by atoms with Crippen molar-refractivity contribution in [2.24, 2.45) is 11.8 Å². The van der Waals surface area contributed by atoms with Crippen molar-refractivity contribution in [3.8, 4) is 0 Å². The van der Waals surface area contributed by atoms with Gasteiger partial charge in [0.05, 0.1) is 13.2 Å². The zero-order valence-corrected chi connectivity index (χ0v) is 12.5. The van der Waals surface area contributed by atoms with Crippen LogP contribution in [0.25, 0.3) is 0 Å². The number of allylic oxidation sites excluding steroid dienone is 2. The second kappa shape index (κ2) is 6.38. The minimum atomic E-state index is 0. The van der Waals surface area contributed by atoms with Crippen molar-refractivity contribution in [1.82, 2.24) is 4.90 Å². The van der Waals surface area contributed by atoms with Crippen LogP contribution in [0.3, 0.4) is 0 Å². The Bertz CT molecular complexity index is 374. The standard InChI is InChI=1S/C15H23NO2.ClH/c1-11-12-4-2-3-5-13(12)15(17)14(11)10-16-6-8-18-9-7-16;/h11,14H,2-10H2,1H3;1H. The normalized spacial score (nSPS) is 32.2. The molecule has 1 fully saturated rings. The van der Waals surface area contributed by atoms with E-state index in [1.54, 1.807) is 0 Å². The second-order valence-electron chi connectivity index (χ2n) is 5.88. The average molecular weight is 286 g/mol. The Hall–Kier alpha value is -0.380. The highest BCUT2D eigenvalue weighted by Gasteiger charge is 2.40. The van der Waals surface area contributed by atoms with Gasteiger partial charge in [-0.05, 0) is 37.2 Å². The van der Waals surface area contributed by atoms with E-state index in [9.17, 15) is 4.79 Å². The number of rotatable bonds is 2. The average Bonchev–Trinajstić information content (AvgIpc) is 2.66. The summed E-state index contributed by atoms with van der Waals surface area (Å²) >= 11 is 0. The van der Waals surface area contributed by atoms with Crippen molar-refractivity contribution in [3.63, 3.8) is 0 Å². The summed E-state index contributed by atoms with van der Waals surface area (Å²) in [6, 6.07) is 0. The van der Waals surface area contributed by atoms with Crippen molar-refractivity contribution in [2.45, 2.75) is 32.6 Å². The molecular weight excluding hydrogens is 262 g/mol. The predicted molar refractivity (Wildman–Crippen MR) is 77.7 cm³/mol. The van der Waals surface area contributed by atoms with Gasteiger partial charge in [0.25, 0.3) is 0 Å². The number of ketones is 1. The Kier molecular flexibility index (Phi) is 5.04. The third-order valence-electron chi connectivity index (χ3n) is 4.86. The van der Waals surface area contributed by atoms with Crippen LogP contribution in [0.5, 0.6) is 0 Å². The summed E-state index contributed by atoms with van der Waals surface area (Å²) in [5.41, 5.74) is 2.69. The minimum absolute atomic E-state index is 0. The molecule has 2 aliphatic carbocycles. The Morgan fingerprint density at radius 2 is 1.89 bits per heavy atom. The molecule has 0 saturated carbocycles. The number of morpholine rings is 1. The molecule has 0 N–H and O–H groups in total. The number of Topliss-reactive ketones (excluding diaryl/α,β-unsaturated/α-hetero) is 1. The van der Waals surface area contributed by atoms with Gasteiger partial charge in [-0.3, -0.25) is 9.69 Å². The topological polar surface area (TPSA) is 29.5 Å². The molecule has 0 radical (unpaired) electrons. The molecule has 1 heterocycles. The lowest BCUT2D eigenvalue weighted by Crippen LogP contribution is -2.41. The van der Waals surface area contributed by atoms with Crippen LogP contribution in [0.2, 0.25) is 0 Å². The van der Waals surface area contributed by atoms with Crippen molar-refractivity contribution in [1.29, 1.82) is 0 Å². The van der Waals surface area contributed by atoms with Gasteiger partial charge in [0.2, 0.25) is 0 Å². The van der Waals surface area contributed by atoms with Crippen molar-refractivity contribution < 1.29 is 9.53 Å². The van der Waals surface area contributed by atoms with Crippen LogP contribution in [0, 0.1) is 11.8 Å². The first kappa shape index (κ1) is 15.0. The second-order valence-corrected chi connectivity index (χ2v) is 5.88. The Labute approximate surface area is 121 Å². The zero-order chi connectivity index (χ0) is 12.5. The Balaban J connectivity index is 0.00000133. The van der Waals surface area contributed by atoms with Crippen LogP contribution in [0.1, 0.15) is 32.6 Å². The monoisotopic (exact) mass is 285 g/mol. The van der Waals surface area contributed by atoms with Gasteiger partial charge in [-0.15, -0.1) is 12.4 Å². The molecule has 1 saturated heterocycles. The van der Waals surface area contributed by atoms with Gasteiger partial charge < -0.3 is 4.74 Å². The van der Waals surface area contributed by atoms with Gasteiger partial charge in [-0.1, -0.05) is 12.5 Å². The summed E-state index contributed by atoms with van der Waals surface area (Å²) in [5.74, 6) is 1.17. The number of ether oxygens (including phenoxy) is 1. The fourth-order valence-corrected chi connectivity index (χ4v) is 3.71. The minimum Gasteiger partial charge on any atom is -0.379 e. The molecule has 2 unspecified atom stereocenters. The quantitative estimate of drug-likeness (QED) is 0.780. The van der Waals surface area contributed by atoms with Crippen molar-refractivity contribution in [3.05, 3.63) is 11.1 Å². The number of hydrogen-bond donors (Lipinski definition) is 0. The van der Waals surface area contributed by atoms with Crippen molar-refractivity contribution in [2.75, 3.05) is 32.8 Å². The van der Waals surface area contributed by atoms with Gasteiger partial charge in [-0.25, -0.2) is 0 Å².